The van der Waals surface area contributed by atoms with E-state index in [2.05, 4.69) is 5.10 Å². The summed E-state index contributed by atoms with van der Waals surface area (Å²) in [5, 5.41) is 4.72. The van der Waals surface area contributed by atoms with E-state index in [4.69, 9.17) is 11.6 Å². The Labute approximate surface area is 124 Å². The van der Waals surface area contributed by atoms with Crippen LogP contribution in [0.3, 0.4) is 0 Å². The minimum atomic E-state index is -0.110. The molecule has 0 spiro atoms. The molecule has 2 rings (SSSR count). The van der Waals surface area contributed by atoms with Gasteiger partial charge >= 0.3 is 0 Å². The van der Waals surface area contributed by atoms with Crippen LogP contribution in [0.15, 0.2) is 30.3 Å². The van der Waals surface area contributed by atoms with Gasteiger partial charge in [-0.05, 0) is 19.4 Å². The van der Waals surface area contributed by atoms with Crippen molar-refractivity contribution in [2.75, 3.05) is 7.05 Å². The number of aryl methyl sites for hydroxylation is 2. The van der Waals surface area contributed by atoms with Gasteiger partial charge in [-0.15, -0.1) is 0 Å². The first-order valence-electron chi connectivity index (χ1n) is 6.56. The maximum atomic E-state index is 12.5. The van der Waals surface area contributed by atoms with E-state index in [9.17, 15) is 4.79 Å². The second kappa shape index (κ2) is 6.09. The second-order valence-electron chi connectivity index (χ2n) is 4.71. The molecule has 0 atom stereocenters. The number of amides is 1. The molecule has 0 aliphatic heterocycles. The van der Waals surface area contributed by atoms with E-state index in [1.165, 1.54) is 0 Å². The number of hydrogen-bond acceptors (Lipinski definition) is 2. The minimum absolute atomic E-state index is 0.110. The molecule has 0 fully saturated rings. The van der Waals surface area contributed by atoms with Gasteiger partial charge in [0.1, 0.15) is 5.69 Å². The zero-order chi connectivity index (χ0) is 14.7. The van der Waals surface area contributed by atoms with E-state index in [0.717, 1.165) is 5.56 Å². The number of rotatable bonds is 4. The summed E-state index contributed by atoms with van der Waals surface area (Å²) in [6.45, 7) is 4.91. The van der Waals surface area contributed by atoms with E-state index in [-0.39, 0.29) is 5.91 Å². The summed E-state index contributed by atoms with van der Waals surface area (Å²) in [6, 6.07) is 9.86. The van der Waals surface area contributed by atoms with E-state index in [0.29, 0.717) is 29.5 Å². The number of carbonyl (C=O) groups is 1. The van der Waals surface area contributed by atoms with Crippen LogP contribution in [0.25, 0.3) is 0 Å². The van der Waals surface area contributed by atoms with Gasteiger partial charge in [-0.25, -0.2) is 0 Å². The standard InChI is InChI=1S/C15H18ClN3O/c1-4-19-14(13(16)11(2)17-19)15(20)18(3)10-12-8-6-5-7-9-12/h5-9H,4,10H2,1-3H3. The monoisotopic (exact) mass is 291 g/mol. The van der Waals surface area contributed by atoms with Gasteiger partial charge in [-0.3, -0.25) is 9.48 Å². The van der Waals surface area contributed by atoms with E-state index in [1.54, 1.807) is 16.6 Å². The zero-order valence-corrected chi connectivity index (χ0v) is 12.7. The molecule has 0 saturated carbocycles. The van der Waals surface area contributed by atoms with Gasteiger partial charge in [0.25, 0.3) is 5.91 Å². The molecule has 0 aliphatic carbocycles. The van der Waals surface area contributed by atoms with Crippen molar-refractivity contribution in [3.05, 3.63) is 52.3 Å². The maximum Gasteiger partial charge on any atom is 0.273 e. The van der Waals surface area contributed by atoms with Gasteiger partial charge in [0.15, 0.2) is 0 Å². The Morgan fingerprint density at radius 3 is 2.60 bits per heavy atom. The molecule has 106 valence electrons. The van der Waals surface area contributed by atoms with Gasteiger partial charge in [0.2, 0.25) is 0 Å². The summed E-state index contributed by atoms with van der Waals surface area (Å²) in [4.78, 5) is 14.2. The van der Waals surface area contributed by atoms with Crippen molar-refractivity contribution >= 4 is 17.5 Å². The highest BCUT2D eigenvalue weighted by Gasteiger charge is 2.22. The third-order valence-electron chi connectivity index (χ3n) is 3.17. The molecular formula is C15H18ClN3O. The summed E-state index contributed by atoms with van der Waals surface area (Å²) in [5.74, 6) is -0.110. The summed E-state index contributed by atoms with van der Waals surface area (Å²) in [5.41, 5.74) is 2.23. The van der Waals surface area contributed by atoms with Crippen LogP contribution in [0.1, 0.15) is 28.7 Å². The molecule has 0 bridgehead atoms. The fraction of sp³-hybridized carbons (Fsp3) is 0.333. The molecule has 0 radical (unpaired) electrons. The topological polar surface area (TPSA) is 38.1 Å². The normalized spacial score (nSPS) is 10.6. The van der Waals surface area contributed by atoms with E-state index in [1.807, 2.05) is 44.2 Å². The first kappa shape index (κ1) is 14.6. The number of benzene rings is 1. The molecule has 1 aromatic heterocycles. The highest BCUT2D eigenvalue weighted by Crippen LogP contribution is 2.22. The zero-order valence-electron chi connectivity index (χ0n) is 11.9. The van der Waals surface area contributed by atoms with Crippen LogP contribution in [0.2, 0.25) is 5.02 Å². The quantitative estimate of drug-likeness (QED) is 0.868. The smallest absolute Gasteiger partial charge is 0.273 e. The number of aromatic nitrogens is 2. The molecule has 1 aromatic carbocycles. The molecule has 2 aromatic rings. The Balaban J connectivity index is 2.23. The maximum absolute atomic E-state index is 12.5. The molecule has 0 aliphatic rings. The van der Waals surface area contributed by atoms with Crippen LogP contribution in [0.4, 0.5) is 0 Å². The lowest BCUT2D eigenvalue weighted by Crippen LogP contribution is -2.28. The summed E-state index contributed by atoms with van der Waals surface area (Å²) >= 11 is 6.20. The second-order valence-corrected chi connectivity index (χ2v) is 5.09. The van der Waals surface area contributed by atoms with Crippen molar-refractivity contribution < 1.29 is 4.79 Å². The van der Waals surface area contributed by atoms with Crippen LogP contribution < -0.4 is 0 Å². The van der Waals surface area contributed by atoms with Crippen LogP contribution >= 0.6 is 11.6 Å². The Hall–Kier alpha value is -1.81. The molecule has 0 unspecified atom stereocenters. The first-order valence-corrected chi connectivity index (χ1v) is 6.94. The SMILES string of the molecule is CCn1nc(C)c(Cl)c1C(=O)N(C)Cc1ccccc1. The highest BCUT2D eigenvalue weighted by atomic mass is 35.5. The largest absolute Gasteiger partial charge is 0.336 e. The third kappa shape index (κ3) is 2.85. The number of hydrogen-bond donors (Lipinski definition) is 0. The average molecular weight is 292 g/mol. The average Bonchev–Trinajstić information content (AvgIpc) is 2.74. The molecule has 5 heteroatoms. The Bertz CT molecular complexity index is 607. The van der Waals surface area contributed by atoms with Crippen molar-refractivity contribution in [2.45, 2.75) is 26.9 Å². The molecule has 4 nitrogen and oxygen atoms in total. The predicted molar refractivity (Wildman–Crippen MR) is 79.9 cm³/mol. The summed E-state index contributed by atoms with van der Waals surface area (Å²) < 4.78 is 1.65. The number of carbonyl (C=O) groups excluding carboxylic acids is 1. The van der Waals surface area contributed by atoms with Crippen LogP contribution in [-0.2, 0) is 13.1 Å². The summed E-state index contributed by atoms with van der Waals surface area (Å²) in [6.07, 6.45) is 0. The van der Waals surface area contributed by atoms with Gasteiger partial charge in [0.05, 0.1) is 10.7 Å². The van der Waals surface area contributed by atoms with E-state index < -0.39 is 0 Å². The molecule has 0 saturated heterocycles. The lowest BCUT2D eigenvalue weighted by molar-refractivity contribution is 0.0773. The molecule has 1 amide bonds. The van der Waals surface area contributed by atoms with Crippen molar-refractivity contribution in [3.63, 3.8) is 0 Å². The lowest BCUT2D eigenvalue weighted by atomic mass is 10.2. The van der Waals surface area contributed by atoms with Crippen molar-refractivity contribution in [2.24, 2.45) is 0 Å². The number of nitrogens with zero attached hydrogens (tertiary/aromatic N) is 3. The van der Waals surface area contributed by atoms with Gasteiger partial charge in [-0.1, -0.05) is 41.9 Å². The molecule has 1 heterocycles. The Morgan fingerprint density at radius 1 is 1.35 bits per heavy atom. The lowest BCUT2D eigenvalue weighted by Gasteiger charge is -2.18. The van der Waals surface area contributed by atoms with Crippen LogP contribution in [0.5, 0.6) is 0 Å². The Kier molecular flexibility index (Phi) is 4.45. The Morgan fingerprint density at radius 2 is 2.00 bits per heavy atom. The molecule has 0 N–H and O–H groups in total. The van der Waals surface area contributed by atoms with Gasteiger partial charge < -0.3 is 4.90 Å². The van der Waals surface area contributed by atoms with Gasteiger partial charge in [-0.2, -0.15) is 5.10 Å². The van der Waals surface area contributed by atoms with Crippen molar-refractivity contribution in [1.29, 1.82) is 0 Å². The van der Waals surface area contributed by atoms with Crippen LogP contribution in [-0.4, -0.2) is 27.6 Å². The van der Waals surface area contributed by atoms with Crippen molar-refractivity contribution in [1.82, 2.24) is 14.7 Å². The van der Waals surface area contributed by atoms with Crippen LogP contribution in [0, 0.1) is 6.92 Å². The molecular weight excluding hydrogens is 274 g/mol. The fourth-order valence-electron chi connectivity index (χ4n) is 2.10. The van der Waals surface area contributed by atoms with Crippen molar-refractivity contribution in [3.8, 4) is 0 Å². The van der Waals surface area contributed by atoms with Gasteiger partial charge in [0, 0.05) is 20.1 Å². The fourth-order valence-corrected chi connectivity index (χ4v) is 2.32. The summed E-state index contributed by atoms with van der Waals surface area (Å²) in [7, 11) is 1.77. The minimum Gasteiger partial charge on any atom is -0.336 e. The number of halogens is 1. The first-order chi connectivity index (χ1) is 9.54. The third-order valence-corrected chi connectivity index (χ3v) is 3.62. The molecule has 20 heavy (non-hydrogen) atoms. The van der Waals surface area contributed by atoms with E-state index >= 15 is 0 Å². The highest BCUT2D eigenvalue weighted by molar-refractivity contribution is 6.34. The predicted octanol–water partition coefficient (Wildman–Crippen LogP) is 3.14.